The Morgan fingerprint density at radius 2 is 2.00 bits per heavy atom. The molecule has 0 fully saturated rings. The van der Waals surface area contributed by atoms with E-state index >= 15 is 0 Å². The number of rotatable bonds is 4. The summed E-state index contributed by atoms with van der Waals surface area (Å²) in [6, 6.07) is 4.64. The van der Waals surface area contributed by atoms with Gasteiger partial charge in [-0.05, 0) is 49.1 Å². The molecular formula is C14H21ClFN. The zero-order valence-corrected chi connectivity index (χ0v) is 11.7. The first-order valence-corrected chi connectivity index (χ1v) is 6.33. The maximum absolute atomic E-state index is 13.2. The molecule has 1 nitrogen and oxygen atoms in total. The summed E-state index contributed by atoms with van der Waals surface area (Å²) < 4.78 is 13.2. The van der Waals surface area contributed by atoms with Gasteiger partial charge in [0.2, 0.25) is 0 Å². The predicted molar refractivity (Wildman–Crippen MR) is 71.9 cm³/mol. The average Bonchev–Trinajstić information content (AvgIpc) is 2.22. The minimum absolute atomic E-state index is 0.109. The molecule has 0 spiro atoms. The fourth-order valence-electron chi connectivity index (χ4n) is 1.81. The lowest BCUT2D eigenvalue weighted by molar-refractivity contribution is 0.338. The molecule has 0 radical (unpaired) electrons. The lowest BCUT2D eigenvalue weighted by Crippen LogP contribution is -2.19. The average molecular weight is 258 g/mol. The van der Waals surface area contributed by atoms with Crippen LogP contribution >= 0.6 is 11.6 Å². The Hall–Kier alpha value is -0.600. The van der Waals surface area contributed by atoms with E-state index in [1.54, 1.807) is 6.07 Å². The highest BCUT2D eigenvalue weighted by molar-refractivity contribution is 6.31. The van der Waals surface area contributed by atoms with Gasteiger partial charge < -0.3 is 5.32 Å². The van der Waals surface area contributed by atoms with Crippen LogP contribution in [0, 0.1) is 11.2 Å². The van der Waals surface area contributed by atoms with Crippen LogP contribution in [-0.4, -0.2) is 7.05 Å². The minimum atomic E-state index is -0.236. The van der Waals surface area contributed by atoms with E-state index in [2.05, 4.69) is 26.1 Å². The van der Waals surface area contributed by atoms with Gasteiger partial charge >= 0.3 is 0 Å². The van der Waals surface area contributed by atoms with Crippen LogP contribution < -0.4 is 5.32 Å². The molecule has 0 bridgehead atoms. The fourth-order valence-corrected chi connectivity index (χ4v) is 2.06. The number of nitrogens with one attached hydrogen (secondary N) is 1. The van der Waals surface area contributed by atoms with E-state index in [-0.39, 0.29) is 17.3 Å². The van der Waals surface area contributed by atoms with Gasteiger partial charge in [0.05, 0.1) is 0 Å². The zero-order valence-electron chi connectivity index (χ0n) is 11.0. The molecule has 0 aromatic heterocycles. The van der Waals surface area contributed by atoms with Gasteiger partial charge in [0.15, 0.2) is 0 Å². The molecule has 1 N–H and O–H groups in total. The topological polar surface area (TPSA) is 12.0 Å². The third-order valence-electron chi connectivity index (χ3n) is 2.86. The van der Waals surface area contributed by atoms with Crippen molar-refractivity contribution in [2.75, 3.05) is 7.05 Å². The van der Waals surface area contributed by atoms with Crippen LogP contribution in [0.2, 0.25) is 5.02 Å². The summed E-state index contributed by atoms with van der Waals surface area (Å²) in [7, 11) is 1.88. The van der Waals surface area contributed by atoms with Crippen molar-refractivity contribution in [2.24, 2.45) is 5.41 Å². The van der Waals surface area contributed by atoms with Gasteiger partial charge in [-0.2, -0.15) is 0 Å². The van der Waals surface area contributed by atoms with Crippen molar-refractivity contribution in [2.45, 2.75) is 39.7 Å². The van der Waals surface area contributed by atoms with Crippen molar-refractivity contribution in [1.82, 2.24) is 5.32 Å². The Morgan fingerprint density at radius 1 is 1.35 bits per heavy atom. The van der Waals surface area contributed by atoms with Crippen molar-refractivity contribution < 1.29 is 4.39 Å². The van der Waals surface area contributed by atoms with E-state index < -0.39 is 0 Å². The Morgan fingerprint density at radius 3 is 2.53 bits per heavy atom. The van der Waals surface area contributed by atoms with Gasteiger partial charge in [0.25, 0.3) is 0 Å². The molecule has 0 amide bonds. The van der Waals surface area contributed by atoms with Crippen LogP contribution in [0.4, 0.5) is 4.39 Å². The minimum Gasteiger partial charge on any atom is -0.313 e. The molecule has 0 saturated heterocycles. The molecule has 0 saturated carbocycles. The first-order valence-electron chi connectivity index (χ1n) is 5.96. The molecule has 1 unspecified atom stereocenters. The monoisotopic (exact) mass is 257 g/mol. The second-order valence-corrected chi connectivity index (χ2v) is 6.01. The molecule has 3 heteroatoms. The first-order chi connectivity index (χ1) is 7.83. The highest BCUT2D eigenvalue weighted by Crippen LogP contribution is 2.31. The summed E-state index contributed by atoms with van der Waals surface area (Å²) in [5, 5.41) is 3.83. The number of benzene rings is 1. The summed E-state index contributed by atoms with van der Waals surface area (Å²) in [5.74, 6) is -0.236. The molecular weight excluding hydrogens is 237 g/mol. The summed E-state index contributed by atoms with van der Waals surface area (Å²) in [6.07, 6.45) is 2.01. The summed E-state index contributed by atoms with van der Waals surface area (Å²) in [4.78, 5) is 0. The van der Waals surface area contributed by atoms with Crippen molar-refractivity contribution in [1.29, 1.82) is 0 Å². The van der Waals surface area contributed by atoms with E-state index in [1.807, 2.05) is 7.05 Å². The smallest absolute Gasteiger partial charge is 0.123 e. The van der Waals surface area contributed by atoms with Crippen LogP contribution in [0.1, 0.15) is 45.2 Å². The zero-order chi connectivity index (χ0) is 13.1. The molecule has 0 aliphatic carbocycles. The molecule has 0 aliphatic heterocycles. The molecule has 96 valence electrons. The van der Waals surface area contributed by atoms with Crippen molar-refractivity contribution in [3.8, 4) is 0 Å². The highest BCUT2D eigenvalue weighted by atomic mass is 35.5. The van der Waals surface area contributed by atoms with Crippen molar-refractivity contribution in [3.63, 3.8) is 0 Å². The standard InChI is InChI=1S/C14H21ClFN/c1-14(2,3)8-7-13(17-4)11-9-10(16)5-6-12(11)15/h5-6,9,13,17H,7-8H2,1-4H3. The largest absolute Gasteiger partial charge is 0.313 e. The predicted octanol–water partition coefficient (Wildman–Crippen LogP) is 4.57. The molecule has 1 aromatic carbocycles. The van der Waals surface area contributed by atoms with Gasteiger partial charge in [0, 0.05) is 11.1 Å². The first kappa shape index (κ1) is 14.5. The van der Waals surface area contributed by atoms with Gasteiger partial charge in [-0.3, -0.25) is 0 Å². The van der Waals surface area contributed by atoms with Crippen LogP contribution in [0.15, 0.2) is 18.2 Å². The summed E-state index contributed by atoms with van der Waals surface area (Å²) in [5.41, 5.74) is 1.12. The normalized spacial score (nSPS) is 13.8. The molecule has 1 aromatic rings. The Balaban J connectivity index is 2.82. The highest BCUT2D eigenvalue weighted by Gasteiger charge is 2.17. The number of hydrogen-bond donors (Lipinski definition) is 1. The van der Waals surface area contributed by atoms with Gasteiger partial charge in [0.1, 0.15) is 5.82 Å². The van der Waals surface area contributed by atoms with E-state index in [1.165, 1.54) is 12.1 Å². The second-order valence-electron chi connectivity index (χ2n) is 5.61. The van der Waals surface area contributed by atoms with E-state index in [0.29, 0.717) is 5.02 Å². The van der Waals surface area contributed by atoms with Crippen LogP contribution in [0.5, 0.6) is 0 Å². The SMILES string of the molecule is CNC(CCC(C)(C)C)c1cc(F)ccc1Cl. The lowest BCUT2D eigenvalue weighted by Gasteiger charge is -2.24. The number of hydrogen-bond acceptors (Lipinski definition) is 1. The van der Waals surface area contributed by atoms with Crippen LogP contribution in [0.3, 0.4) is 0 Å². The molecule has 17 heavy (non-hydrogen) atoms. The van der Waals surface area contributed by atoms with E-state index in [9.17, 15) is 4.39 Å². The van der Waals surface area contributed by atoms with Crippen molar-refractivity contribution in [3.05, 3.63) is 34.6 Å². The Kier molecular flexibility index (Phi) is 4.96. The van der Waals surface area contributed by atoms with Gasteiger partial charge in [-0.25, -0.2) is 4.39 Å². The lowest BCUT2D eigenvalue weighted by atomic mass is 9.87. The number of halogens is 2. The molecule has 0 aliphatic rings. The summed E-state index contributed by atoms with van der Waals surface area (Å²) in [6.45, 7) is 6.60. The van der Waals surface area contributed by atoms with E-state index in [4.69, 9.17) is 11.6 Å². The summed E-state index contributed by atoms with van der Waals surface area (Å²) >= 11 is 6.11. The van der Waals surface area contributed by atoms with Gasteiger partial charge in [-0.1, -0.05) is 32.4 Å². The quantitative estimate of drug-likeness (QED) is 0.833. The maximum atomic E-state index is 13.2. The van der Waals surface area contributed by atoms with Gasteiger partial charge in [-0.15, -0.1) is 0 Å². The fraction of sp³-hybridized carbons (Fsp3) is 0.571. The molecule has 0 heterocycles. The van der Waals surface area contributed by atoms with Crippen LogP contribution in [0.25, 0.3) is 0 Å². The maximum Gasteiger partial charge on any atom is 0.123 e. The molecule has 1 atom stereocenters. The third-order valence-corrected chi connectivity index (χ3v) is 3.21. The Bertz CT molecular complexity index is 371. The second kappa shape index (κ2) is 5.83. The molecule has 1 rings (SSSR count). The van der Waals surface area contributed by atoms with E-state index in [0.717, 1.165) is 18.4 Å². The Labute approximate surface area is 108 Å². The van der Waals surface area contributed by atoms with Crippen molar-refractivity contribution >= 4 is 11.6 Å². The van der Waals surface area contributed by atoms with Crippen LogP contribution in [-0.2, 0) is 0 Å². The third kappa shape index (κ3) is 4.64.